The molecule has 1 atom stereocenters. The van der Waals surface area contributed by atoms with Crippen molar-refractivity contribution >= 4 is 29.9 Å². The zero-order chi connectivity index (χ0) is 22.6. The third kappa shape index (κ3) is 9.07. The van der Waals surface area contributed by atoms with Crippen molar-refractivity contribution in [2.45, 2.75) is 12.6 Å². The summed E-state index contributed by atoms with van der Waals surface area (Å²) in [6, 6.07) is 14.8. The predicted octanol–water partition coefficient (Wildman–Crippen LogP) is 3.21. The summed E-state index contributed by atoms with van der Waals surface area (Å²) in [5.41, 5.74) is 2.19. The SMILES string of the molecule is CN=C(NCc1ccc(OCCOC)cc1)NCC(c1ccc(F)cc1)N1CCOCC1.I. The molecule has 1 aliphatic rings. The van der Waals surface area contributed by atoms with Crippen LogP contribution in [0.5, 0.6) is 5.75 Å². The van der Waals surface area contributed by atoms with E-state index in [9.17, 15) is 4.39 Å². The quantitative estimate of drug-likeness (QED) is 0.197. The Labute approximate surface area is 212 Å². The average molecular weight is 572 g/mol. The molecular formula is C24H34FIN4O3. The van der Waals surface area contributed by atoms with E-state index >= 15 is 0 Å². The van der Waals surface area contributed by atoms with Gasteiger partial charge in [0.05, 0.1) is 25.9 Å². The molecule has 0 saturated carbocycles. The Morgan fingerprint density at radius 3 is 2.39 bits per heavy atom. The van der Waals surface area contributed by atoms with Crippen molar-refractivity contribution in [2.75, 3.05) is 60.2 Å². The first-order valence-corrected chi connectivity index (χ1v) is 10.9. The molecule has 7 nitrogen and oxygen atoms in total. The first-order chi connectivity index (χ1) is 15.7. The Morgan fingerprint density at radius 2 is 1.76 bits per heavy atom. The molecule has 1 heterocycles. The molecule has 0 aromatic heterocycles. The van der Waals surface area contributed by atoms with Gasteiger partial charge < -0.3 is 24.8 Å². The average Bonchev–Trinajstić information content (AvgIpc) is 2.84. The van der Waals surface area contributed by atoms with Crippen LogP contribution >= 0.6 is 24.0 Å². The van der Waals surface area contributed by atoms with Crippen molar-refractivity contribution in [3.05, 3.63) is 65.5 Å². The lowest BCUT2D eigenvalue weighted by atomic mass is 10.0. The van der Waals surface area contributed by atoms with Gasteiger partial charge in [0.1, 0.15) is 18.2 Å². The van der Waals surface area contributed by atoms with Gasteiger partial charge in [0.2, 0.25) is 0 Å². The lowest BCUT2D eigenvalue weighted by Gasteiger charge is -2.35. The van der Waals surface area contributed by atoms with Gasteiger partial charge in [-0.05, 0) is 35.4 Å². The normalized spacial score (nSPS) is 15.4. The van der Waals surface area contributed by atoms with E-state index in [4.69, 9.17) is 14.2 Å². The monoisotopic (exact) mass is 572 g/mol. The van der Waals surface area contributed by atoms with E-state index in [2.05, 4.69) is 20.5 Å². The van der Waals surface area contributed by atoms with Crippen LogP contribution in [0.3, 0.4) is 0 Å². The molecule has 3 rings (SSSR count). The minimum atomic E-state index is -0.227. The van der Waals surface area contributed by atoms with Crippen LogP contribution in [0.2, 0.25) is 0 Å². The summed E-state index contributed by atoms with van der Waals surface area (Å²) in [6.45, 7) is 5.47. The molecule has 1 aliphatic heterocycles. The van der Waals surface area contributed by atoms with Crippen LogP contribution in [0.4, 0.5) is 4.39 Å². The minimum Gasteiger partial charge on any atom is -0.491 e. The number of methoxy groups -OCH3 is 1. The van der Waals surface area contributed by atoms with Gasteiger partial charge in [-0.2, -0.15) is 0 Å². The molecule has 1 saturated heterocycles. The summed E-state index contributed by atoms with van der Waals surface area (Å²) >= 11 is 0. The third-order valence-electron chi connectivity index (χ3n) is 5.37. The topological polar surface area (TPSA) is 67.4 Å². The molecular weight excluding hydrogens is 538 g/mol. The summed E-state index contributed by atoms with van der Waals surface area (Å²) in [4.78, 5) is 6.71. The third-order valence-corrected chi connectivity index (χ3v) is 5.37. The van der Waals surface area contributed by atoms with Crippen LogP contribution in [-0.2, 0) is 16.0 Å². The molecule has 182 valence electrons. The highest BCUT2D eigenvalue weighted by molar-refractivity contribution is 14.0. The van der Waals surface area contributed by atoms with Crippen molar-refractivity contribution in [2.24, 2.45) is 4.99 Å². The molecule has 2 aromatic rings. The molecule has 0 radical (unpaired) electrons. The molecule has 33 heavy (non-hydrogen) atoms. The van der Waals surface area contributed by atoms with Gasteiger partial charge >= 0.3 is 0 Å². The van der Waals surface area contributed by atoms with Crippen molar-refractivity contribution < 1.29 is 18.6 Å². The Hall–Kier alpha value is -1.95. The number of ether oxygens (including phenoxy) is 3. The highest BCUT2D eigenvalue weighted by Gasteiger charge is 2.23. The fraction of sp³-hybridized carbons (Fsp3) is 0.458. The van der Waals surface area contributed by atoms with Crippen LogP contribution in [0.25, 0.3) is 0 Å². The minimum absolute atomic E-state index is 0. The maximum Gasteiger partial charge on any atom is 0.191 e. The number of hydrogen-bond acceptors (Lipinski definition) is 5. The second-order valence-electron chi connectivity index (χ2n) is 7.51. The van der Waals surface area contributed by atoms with Crippen LogP contribution in [0.1, 0.15) is 17.2 Å². The van der Waals surface area contributed by atoms with Crippen LogP contribution in [0.15, 0.2) is 53.5 Å². The van der Waals surface area contributed by atoms with Crippen LogP contribution in [0, 0.1) is 5.82 Å². The second kappa shape index (κ2) is 15.0. The first kappa shape index (κ1) is 27.3. The smallest absolute Gasteiger partial charge is 0.191 e. The van der Waals surface area contributed by atoms with Gasteiger partial charge in [-0.3, -0.25) is 9.89 Å². The van der Waals surface area contributed by atoms with Crippen molar-refractivity contribution in [3.8, 4) is 5.75 Å². The maximum absolute atomic E-state index is 13.4. The highest BCUT2D eigenvalue weighted by atomic mass is 127. The van der Waals surface area contributed by atoms with Gasteiger partial charge in [0.25, 0.3) is 0 Å². The zero-order valence-corrected chi connectivity index (χ0v) is 21.6. The Morgan fingerprint density at radius 1 is 1.06 bits per heavy atom. The molecule has 0 bridgehead atoms. The Bertz CT molecular complexity index is 831. The second-order valence-corrected chi connectivity index (χ2v) is 7.51. The summed E-state index contributed by atoms with van der Waals surface area (Å²) in [6.07, 6.45) is 0. The van der Waals surface area contributed by atoms with E-state index in [1.807, 2.05) is 36.4 Å². The summed E-state index contributed by atoms with van der Waals surface area (Å²) in [5.74, 6) is 1.31. The number of halogens is 2. The predicted molar refractivity (Wildman–Crippen MR) is 139 cm³/mol. The number of aliphatic imine (C=N–C) groups is 1. The highest BCUT2D eigenvalue weighted by Crippen LogP contribution is 2.21. The van der Waals surface area contributed by atoms with Gasteiger partial charge in [0, 0.05) is 40.3 Å². The number of benzene rings is 2. The van der Waals surface area contributed by atoms with E-state index < -0.39 is 0 Å². The van der Waals surface area contributed by atoms with Crippen molar-refractivity contribution in [1.29, 1.82) is 0 Å². The number of hydrogen-bond donors (Lipinski definition) is 2. The Balaban J connectivity index is 0.00000385. The molecule has 1 unspecified atom stereocenters. The first-order valence-electron chi connectivity index (χ1n) is 10.9. The van der Waals surface area contributed by atoms with E-state index in [1.165, 1.54) is 12.1 Å². The molecule has 1 fully saturated rings. The van der Waals surface area contributed by atoms with E-state index in [-0.39, 0.29) is 35.8 Å². The Kier molecular flexibility index (Phi) is 12.4. The van der Waals surface area contributed by atoms with Gasteiger partial charge in [-0.15, -0.1) is 24.0 Å². The molecule has 0 spiro atoms. The van der Waals surface area contributed by atoms with Crippen molar-refractivity contribution in [1.82, 2.24) is 15.5 Å². The van der Waals surface area contributed by atoms with Gasteiger partial charge in [0.15, 0.2) is 5.96 Å². The van der Waals surface area contributed by atoms with Crippen LogP contribution < -0.4 is 15.4 Å². The van der Waals surface area contributed by atoms with Crippen molar-refractivity contribution in [3.63, 3.8) is 0 Å². The standard InChI is InChI=1S/C24H33FN4O3.HI/c1-26-24(27-17-19-3-9-22(10-4-19)32-16-15-30-2)28-18-23(29-11-13-31-14-12-29)20-5-7-21(25)8-6-20;/h3-10,23H,11-18H2,1-2H3,(H2,26,27,28);1H. The van der Waals surface area contributed by atoms with E-state index in [1.54, 1.807) is 14.2 Å². The summed E-state index contributed by atoms with van der Waals surface area (Å²) in [7, 11) is 3.41. The molecule has 2 aromatic carbocycles. The van der Waals surface area contributed by atoms with Gasteiger partial charge in [-0.1, -0.05) is 24.3 Å². The fourth-order valence-electron chi connectivity index (χ4n) is 3.58. The fourth-order valence-corrected chi connectivity index (χ4v) is 3.58. The summed E-state index contributed by atoms with van der Waals surface area (Å²) in [5, 5.41) is 6.77. The number of morpholine rings is 1. The lowest BCUT2D eigenvalue weighted by molar-refractivity contribution is 0.0170. The maximum atomic E-state index is 13.4. The largest absolute Gasteiger partial charge is 0.491 e. The number of nitrogens with one attached hydrogen (secondary N) is 2. The zero-order valence-electron chi connectivity index (χ0n) is 19.3. The van der Waals surface area contributed by atoms with Crippen LogP contribution in [-0.4, -0.2) is 71.1 Å². The molecule has 9 heteroatoms. The number of nitrogens with zero attached hydrogens (tertiary/aromatic N) is 2. The number of rotatable bonds is 10. The molecule has 0 amide bonds. The van der Waals surface area contributed by atoms with E-state index in [0.29, 0.717) is 45.5 Å². The van der Waals surface area contributed by atoms with E-state index in [0.717, 1.165) is 30.0 Å². The van der Waals surface area contributed by atoms with Gasteiger partial charge in [-0.25, -0.2) is 4.39 Å². The number of guanidine groups is 1. The molecule has 0 aliphatic carbocycles. The molecule has 2 N–H and O–H groups in total. The summed E-state index contributed by atoms with van der Waals surface area (Å²) < 4.78 is 29.5. The lowest BCUT2D eigenvalue weighted by Crippen LogP contribution is -2.46.